The maximum atomic E-state index is 12.5. The van der Waals surface area contributed by atoms with E-state index < -0.39 is 10.2 Å². The fraction of sp³-hybridized carbons (Fsp3) is 0.533. The van der Waals surface area contributed by atoms with Gasteiger partial charge in [0.05, 0.1) is 0 Å². The topological polar surface area (TPSA) is 87.0 Å². The van der Waals surface area contributed by atoms with Gasteiger partial charge in [-0.1, -0.05) is 13.0 Å². The molecule has 1 aliphatic rings. The van der Waals surface area contributed by atoms with Gasteiger partial charge in [-0.25, -0.2) is 0 Å². The van der Waals surface area contributed by atoms with Crippen LogP contribution < -0.4 is 5.73 Å². The predicted octanol–water partition coefficient (Wildman–Crippen LogP) is 0.613. The normalized spacial score (nSPS) is 17.3. The summed E-state index contributed by atoms with van der Waals surface area (Å²) in [6, 6.07) is 6.84. The molecule has 2 N–H and O–H groups in total. The molecule has 0 bridgehead atoms. The van der Waals surface area contributed by atoms with Crippen LogP contribution in [0.1, 0.15) is 23.7 Å². The van der Waals surface area contributed by atoms with E-state index in [4.69, 9.17) is 5.73 Å². The molecule has 1 aliphatic heterocycles. The lowest BCUT2D eigenvalue weighted by Gasteiger charge is -2.25. The highest BCUT2D eigenvalue weighted by Gasteiger charge is 2.29. The van der Waals surface area contributed by atoms with E-state index in [1.165, 1.54) is 8.61 Å². The number of benzene rings is 1. The van der Waals surface area contributed by atoms with Gasteiger partial charge in [0.15, 0.2) is 0 Å². The molecular weight excluding hydrogens is 316 g/mol. The van der Waals surface area contributed by atoms with Crippen molar-refractivity contribution in [2.24, 2.45) is 0 Å². The van der Waals surface area contributed by atoms with E-state index in [2.05, 4.69) is 0 Å². The Morgan fingerprint density at radius 3 is 2.65 bits per heavy atom. The molecule has 0 unspecified atom stereocenters. The lowest BCUT2D eigenvalue weighted by Crippen LogP contribution is -2.44. The number of rotatable bonds is 4. The van der Waals surface area contributed by atoms with E-state index in [0.717, 1.165) is 0 Å². The maximum absolute atomic E-state index is 12.5. The van der Waals surface area contributed by atoms with Gasteiger partial charge in [-0.2, -0.15) is 17.0 Å². The lowest BCUT2D eigenvalue weighted by molar-refractivity contribution is 0.0764. The Balaban J connectivity index is 2.08. The molecule has 128 valence electrons. The zero-order chi connectivity index (χ0) is 17.0. The molecule has 8 heteroatoms. The average Bonchev–Trinajstić information content (AvgIpc) is 2.79. The largest absolute Gasteiger partial charge is 0.399 e. The predicted molar refractivity (Wildman–Crippen MR) is 90.2 cm³/mol. The Morgan fingerprint density at radius 2 is 2.00 bits per heavy atom. The summed E-state index contributed by atoms with van der Waals surface area (Å²) in [6.07, 6.45) is 0.616. The quantitative estimate of drug-likeness (QED) is 0.814. The number of nitrogens with two attached hydrogens (primary N) is 1. The maximum Gasteiger partial charge on any atom is 0.281 e. The van der Waals surface area contributed by atoms with E-state index in [1.807, 2.05) is 0 Å². The van der Waals surface area contributed by atoms with E-state index >= 15 is 0 Å². The van der Waals surface area contributed by atoms with Gasteiger partial charge in [-0.15, -0.1) is 0 Å². The van der Waals surface area contributed by atoms with Crippen molar-refractivity contribution in [3.8, 4) is 0 Å². The van der Waals surface area contributed by atoms with Gasteiger partial charge in [-0.3, -0.25) is 4.79 Å². The summed E-state index contributed by atoms with van der Waals surface area (Å²) in [5, 5.41) is 0. The molecule has 0 aliphatic carbocycles. The first-order chi connectivity index (χ1) is 10.9. The molecule has 1 fully saturated rings. The van der Waals surface area contributed by atoms with Crippen molar-refractivity contribution in [1.29, 1.82) is 0 Å². The minimum absolute atomic E-state index is 0.111. The van der Waals surface area contributed by atoms with Gasteiger partial charge in [-0.05, 0) is 24.6 Å². The Bertz CT molecular complexity index is 662. The van der Waals surface area contributed by atoms with Crippen molar-refractivity contribution in [2.75, 3.05) is 45.5 Å². The summed E-state index contributed by atoms with van der Waals surface area (Å²) in [6.45, 7) is 3.86. The van der Waals surface area contributed by atoms with Crippen molar-refractivity contribution in [2.45, 2.75) is 13.3 Å². The average molecular weight is 340 g/mol. The van der Waals surface area contributed by atoms with Crippen LogP contribution in [0.25, 0.3) is 0 Å². The first-order valence-corrected chi connectivity index (χ1v) is 9.12. The zero-order valence-electron chi connectivity index (χ0n) is 13.6. The molecule has 1 amide bonds. The van der Waals surface area contributed by atoms with Crippen LogP contribution in [0, 0.1) is 0 Å². The van der Waals surface area contributed by atoms with Crippen molar-refractivity contribution < 1.29 is 13.2 Å². The standard InChI is InChI=1S/C15H24N4O3S/c1-3-17(2)23(21,22)19-9-5-8-18(10-11-19)15(20)13-6-4-7-14(16)12-13/h4,6-7,12H,3,5,8-11,16H2,1-2H3. The van der Waals surface area contributed by atoms with Gasteiger partial charge >= 0.3 is 0 Å². The zero-order valence-corrected chi connectivity index (χ0v) is 14.4. The minimum Gasteiger partial charge on any atom is -0.399 e. The third-order valence-corrected chi connectivity index (χ3v) is 6.10. The van der Waals surface area contributed by atoms with Crippen molar-refractivity contribution in [1.82, 2.24) is 13.5 Å². The number of carbonyl (C=O) groups excluding carboxylic acids is 1. The van der Waals surface area contributed by atoms with Crippen LogP contribution in [0.4, 0.5) is 5.69 Å². The minimum atomic E-state index is -3.45. The molecule has 7 nitrogen and oxygen atoms in total. The fourth-order valence-electron chi connectivity index (χ4n) is 2.54. The van der Waals surface area contributed by atoms with E-state index in [1.54, 1.807) is 43.1 Å². The molecule has 1 aromatic carbocycles. The summed E-state index contributed by atoms with van der Waals surface area (Å²) in [5.41, 5.74) is 6.80. The Labute approximate surface area is 137 Å². The van der Waals surface area contributed by atoms with Gasteiger partial charge < -0.3 is 10.6 Å². The SMILES string of the molecule is CCN(C)S(=O)(=O)N1CCCN(C(=O)c2cccc(N)c2)CC1. The molecular formula is C15H24N4O3S. The summed E-state index contributed by atoms with van der Waals surface area (Å²) in [5.74, 6) is -0.111. The number of hydrogen-bond donors (Lipinski definition) is 1. The van der Waals surface area contributed by atoms with Crippen LogP contribution in [0.3, 0.4) is 0 Å². The van der Waals surface area contributed by atoms with E-state index in [-0.39, 0.29) is 5.91 Å². The summed E-state index contributed by atoms with van der Waals surface area (Å²) in [4.78, 5) is 14.2. The second kappa shape index (κ2) is 7.29. The Kier molecular flexibility index (Phi) is 5.61. The molecule has 23 heavy (non-hydrogen) atoms. The summed E-state index contributed by atoms with van der Waals surface area (Å²) < 4.78 is 27.6. The first kappa shape index (κ1) is 17.7. The van der Waals surface area contributed by atoms with Gasteiger partial charge in [0.25, 0.3) is 16.1 Å². The molecule has 0 atom stereocenters. The monoisotopic (exact) mass is 340 g/mol. The van der Waals surface area contributed by atoms with Crippen LogP contribution >= 0.6 is 0 Å². The molecule has 1 heterocycles. The Morgan fingerprint density at radius 1 is 1.26 bits per heavy atom. The van der Waals surface area contributed by atoms with Crippen molar-refractivity contribution >= 4 is 21.8 Å². The van der Waals surface area contributed by atoms with Crippen LogP contribution in [-0.2, 0) is 10.2 Å². The van der Waals surface area contributed by atoms with Crippen molar-refractivity contribution in [3.63, 3.8) is 0 Å². The molecule has 2 rings (SSSR count). The highest BCUT2D eigenvalue weighted by molar-refractivity contribution is 7.86. The highest BCUT2D eigenvalue weighted by atomic mass is 32.2. The van der Waals surface area contributed by atoms with Crippen LogP contribution in [0.15, 0.2) is 24.3 Å². The smallest absolute Gasteiger partial charge is 0.281 e. The second-order valence-corrected chi connectivity index (χ2v) is 7.63. The van der Waals surface area contributed by atoms with Gasteiger partial charge in [0, 0.05) is 51.0 Å². The number of hydrogen-bond acceptors (Lipinski definition) is 4. The number of carbonyl (C=O) groups is 1. The molecule has 1 saturated heterocycles. The van der Waals surface area contributed by atoms with Crippen LogP contribution in [0.2, 0.25) is 0 Å². The van der Waals surface area contributed by atoms with E-state index in [9.17, 15) is 13.2 Å². The molecule has 0 spiro atoms. The lowest BCUT2D eigenvalue weighted by atomic mass is 10.1. The molecule has 0 saturated carbocycles. The summed E-state index contributed by atoms with van der Waals surface area (Å²) in [7, 11) is -1.88. The summed E-state index contributed by atoms with van der Waals surface area (Å²) >= 11 is 0. The Hall–Kier alpha value is -1.64. The first-order valence-electron chi connectivity index (χ1n) is 7.72. The third kappa shape index (κ3) is 4.01. The highest BCUT2D eigenvalue weighted by Crippen LogP contribution is 2.15. The van der Waals surface area contributed by atoms with Gasteiger partial charge in [0.2, 0.25) is 0 Å². The van der Waals surface area contributed by atoms with Crippen molar-refractivity contribution in [3.05, 3.63) is 29.8 Å². The van der Waals surface area contributed by atoms with Crippen LogP contribution in [-0.4, -0.2) is 67.6 Å². The van der Waals surface area contributed by atoms with Crippen LogP contribution in [0.5, 0.6) is 0 Å². The number of amides is 1. The van der Waals surface area contributed by atoms with Gasteiger partial charge in [0.1, 0.15) is 0 Å². The molecule has 0 aromatic heterocycles. The third-order valence-electron chi connectivity index (χ3n) is 4.04. The number of nitrogens with zero attached hydrogens (tertiary/aromatic N) is 3. The fourth-order valence-corrected chi connectivity index (χ4v) is 3.93. The second-order valence-electron chi connectivity index (χ2n) is 5.59. The number of nitrogen functional groups attached to an aromatic ring is 1. The number of anilines is 1. The molecule has 1 aromatic rings. The molecule has 0 radical (unpaired) electrons. The van der Waals surface area contributed by atoms with E-state index in [0.29, 0.717) is 50.4 Å².